The van der Waals surface area contributed by atoms with Gasteiger partial charge in [0.15, 0.2) is 17.5 Å². The number of nitro groups is 1. The van der Waals surface area contributed by atoms with Gasteiger partial charge in [-0.2, -0.15) is 0 Å². The maximum atomic E-state index is 13.4. The van der Waals surface area contributed by atoms with E-state index < -0.39 is 16.6 Å². The van der Waals surface area contributed by atoms with Crippen LogP contribution in [0.1, 0.15) is 5.56 Å². The number of rotatable bonds is 5. The summed E-state index contributed by atoms with van der Waals surface area (Å²) >= 11 is 0. The number of fused-ring (bicyclic) bond motifs is 3. The van der Waals surface area contributed by atoms with Crippen molar-refractivity contribution in [3.05, 3.63) is 70.0 Å². The topological polar surface area (TPSA) is 80.3 Å². The van der Waals surface area contributed by atoms with Crippen molar-refractivity contribution in [1.29, 1.82) is 0 Å². The molecule has 1 aliphatic rings. The minimum Gasteiger partial charge on any atom is -0.352 e. The van der Waals surface area contributed by atoms with Crippen molar-refractivity contribution in [1.82, 2.24) is 19.4 Å². The number of hydrogen-bond donors (Lipinski definition) is 0. The summed E-state index contributed by atoms with van der Waals surface area (Å²) in [4.78, 5) is 24.3. The first-order valence-electron chi connectivity index (χ1n) is 10.7. The van der Waals surface area contributed by atoms with E-state index in [2.05, 4.69) is 19.8 Å². The first-order valence-corrected chi connectivity index (χ1v) is 10.7. The summed E-state index contributed by atoms with van der Waals surface area (Å²) in [5, 5.41) is 12.0. The van der Waals surface area contributed by atoms with E-state index in [0.717, 1.165) is 60.5 Å². The van der Waals surface area contributed by atoms with Crippen molar-refractivity contribution in [2.45, 2.75) is 6.42 Å². The highest BCUT2D eigenvalue weighted by Gasteiger charge is 2.23. The number of nitro benzene ring substituents is 1. The molecule has 8 nitrogen and oxygen atoms in total. The van der Waals surface area contributed by atoms with Crippen LogP contribution in [0.5, 0.6) is 0 Å². The number of aromatic nitrogens is 3. The second-order valence-corrected chi connectivity index (χ2v) is 8.24. The number of hydrogen-bond acceptors (Lipinski definition) is 6. The number of piperazine rings is 1. The van der Waals surface area contributed by atoms with Crippen molar-refractivity contribution >= 4 is 33.4 Å². The molecule has 170 valence electrons. The van der Waals surface area contributed by atoms with E-state index in [1.165, 1.54) is 24.5 Å². The Kier molecular flexibility index (Phi) is 5.37. The molecule has 1 aliphatic heterocycles. The predicted molar refractivity (Wildman–Crippen MR) is 121 cm³/mol. The molecule has 0 atom stereocenters. The van der Waals surface area contributed by atoms with Crippen LogP contribution in [0, 0.1) is 21.7 Å². The second-order valence-electron chi connectivity index (χ2n) is 8.24. The zero-order chi connectivity index (χ0) is 23.1. The summed E-state index contributed by atoms with van der Waals surface area (Å²) in [6.45, 7) is 3.89. The van der Waals surface area contributed by atoms with E-state index in [-0.39, 0.29) is 5.69 Å². The Hall–Kier alpha value is -3.66. The van der Waals surface area contributed by atoms with Gasteiger partial charge in [-0.3, -0.25) is 15.0 Å². The molecule has 0 aliphatic carbocycles. The van der Waals surface area contributed by atoms with Crippen molar-refractivity contribution in [2.75, 3.05) is 37.6 Å². The summed E-state index contributed by atoms with van der Waals surface area (Å²) in [7, 11) is 1.92. The van der Waals surface area contributed by atoms with Gasteiger partial charge in [0, 0.05) is 57.3 Å². The van der Waals surface area contributed by atoms with E-state index in [1.807, 2.05) is 11.6 Å². The molecule has 3 heterocycles. The minimum atomic E-state index is -0.827. The van der Waals surface area contributed by atoms with Gasteiger partial charge in [-0.15, -0.1) is 0 Å². The number of aryl methyl sites for hydroxylation is 1. The Morgan fingerprint density at radius 3 is 2.55 bits per heavy atom. The third-order valence-corrected chi connectivity index (χ3v) is 6.32. The first kappa shape index (κ1) is 21.2. The zero-order valence-corrected chi connectivity index (χ0v) is 18.0. The third kappa shape index (κ3) is 3.86. The van der Waals surface area contributed by atoms with Gasteiger partial charge in [-0.1, -0.05) is 6.07 Å². The van der Waals surface area contributed by atoms with Crippen LogP contribution in [-0.4, -0.2) is 57.1 Å². The molecule has 5 rings (SSSR count). The minimum absolute atomic E-state index is 0.0322. The fraction of sp³-hybridized carbons (Fsp3) is 0.304. The van der Waals surface area contributed by atoms with Crippen molar-refractivity contribution in [3.8, 4) is 0 Å². The molecule has 4 aromatic rings. The zero-order valence-electron chi connectivity index (χ0n) is 18.0. The molecule has 0 N–H and O–H groups in total. The Balaban J connectivity index is 1.34. The SMILES string of the molecule is Cn1c2ccc([N+](=O)[O-])cc2c2ncnc(N3CCN(CCc4ccc(F)c(F)c4)CC3)c21. The van der Waals surface area contributed by atoms with Crippen molar-refractivity contribution < 1.29 is 13.7 Å². The highest BCUT2D eigenvalue weighted by molar-refractivity contribution is 6.09. The summed E-state index contributed by atoms with van der Waals surface area (Å²) < 4.78 is 28.6. The van der Waals surface area contributed by atoms with Crippen LogP contribution in [-0.2, 0) is 13.5 Å². The predicted octanol–water partition coefficient (Wildman–Crippen LogP) is 3.67. The fourth-order valence-corrected chi connectivity index (χ4v) is 4.51. The highest BCUT2D eigenvalue weighted by atomic mass is 19.2. The number of benzene rings is 2. The van der Waals surface area contributed by atoms with E-state index in [4.69, 9.17) is 0 Å². The third-order valence-electron chi connectivity index (χ3n) is 6.32. The lowest BCUT2D eigenvalue weighted by Crippen LogP contribution is -2.47. The molecule has 2 aromatic heterocycles. The van der Waals surface area contributed by atoms with Gasteiger partial charge in [0.2, 0.25) is 0 Å². The second kappa shape index (κ2) is 8.36. The van der Waals surface area contributed by atoms with E-state index in [9.17, 15) is 18.9 Å². The van der Waals surface area contributed by atoms with Crippen LogP contribution >= 0.6 is 0 Å². The van der Waals surface area contributed by atoms with Gasteiger partial charge in [-0.05, 0) is 30.2 Å². The molecule has 0 radical (unpaired) electrons. The van der Waals surface area contributed by atoms with Crippen LogP contribution in [0.3, 0.4) is 0 Å². The molecule has 2 aromatic carbocycles. The normalized spacial score (nSPS) is 14.9. The number of halogens is 2. The lowest BCUT2D eigenvalue weighted by Gasteiger charge is -2.35. The molecule has 0 amide bonds. The van der Waals surface area contributed by atoms with Crippen LogP contribution in [0.15, 0.2) is 42.7 Å². The smallest absolute Gasteiger partial charge is 0.270 e. The van der Waals surface area contributed by atoms with Gasteiger partial charge in [0.25, 0.3) is 5.69 Å². The van der Waals surface area contributed by atoms with Gasteiger partial charge < -0.3 is 9.47 Å². The van der Waals surface area contributed by atoms with Crippen LogP contribution in [0.2, 0.25) is 0 Å². The Morgan fingerprint density at radius 2 is 1.82 bits per heavy atom. The molecule has 0 bridgehead atoms. The van der Waals surface area contributed by atoms with Gasteiger partial charge in [-0.25, -0.2) is 18.7 Å². The average molecular weight is 452 g/mol. The van der Waals surface area contributed by atoms with Crippen molar-refractivity contribution in [3.63, 3.8) is 0 Å². The van der Waals surface area contributed by atoms with E-state index >= 15 is 0 Å². The standard InChI is InChI=1S/C23H22F2N6O2/c1-28-20-5-3-16(31(32)33)13-17(20)21-22(28)23(27-14-26-21)30-10-8-29(9-11-30)7-6-15-2-4-18(24)19(25)12-15/h2-5,12-14H,6-11H2,1H3. The molecule has 10 heteroatoms. The van der Waals surface area contributed by atoms with Crippen LogP contribution < -0.4 is 4.90 Å². The van der Waals surface area contributed by atoms with Gasteiger partial charge >= 0.3 is 0 Å². The average Bonchev–Trinajstić information content (AvgIpc) is 3.12. The first-order chi connectivity index (χ1) is 15.9. The Morgan fingerprint density at radius 1 is 1.03 bits per heavy atom. The molecule has 33 heavy (non-hydrogen) atoms. The summed E-state index contributed by atoms with van der Waals surface area (Å²) in [6.07, 6.45) is 2.16. The number of nitrogens with zero attached hydrogens (tertiary/aromatic N) is 6. The summed E-state index contributed by atoms with van der Waals surface area (Å²) in [6, 6.07) is 8.85. The lowest BCUT2D eigenvalue weighted by atomic mass is 10.1. The molecular formula is C23H22F2N6O2. The lowest BCUT2D eigenvalue weighted by molar-refractivity contribution is -0.384. The quantitative estimate of drug-likeness (QED) is 0.340. The monoisotopic (exact) mass is 452 g/mol. The molecule has 1 fully saturated rings. The largest absolute Gasteiger partial charge is 0.352 e. The maximum absolute atomic E-state index is 13.4. The maximum Gasteiger partial charge on any atom is 0.270 e. The molecule has 0 spiro atoms. The number of anilines is 1. The number of non-ortho nitro benzene ring substituents is 1. The molecular weight excluding hydrogens is 430 g/mol. The van der Waals surface area contributed by atoms with E-state index in [0.29, 0.717) is 11.9 Å². The Labute approximate surface area is 188 Å². The Bertz CT molecular complexity index is 1360. The van der Waals surface area contributed by atoms with E-state index in [1.54, 1.807) is 18.2 Å². The van der Waals surface area contributed by atoms with Crippen LogP contribution in [0.4, 0.5) is 20.3 Å². The van der Waals surface area contributed by atoms with Crippen molar-refractivity contribution in [2.24, 2.45) is 7.05 Å². The molecule has 1 saturated heterocycles. The highest BCUT2D eigenvalue weighted by Crippen LogP contribution is 2.34. The molecule has 0 unspecified atom stereocenters. The fourth-order valence-electron chi connectivity index (χ4n) is 4.51. The van der Waals surface area contributed by atoms with Gasteiger partial charge in [0.1, 0.15) is 17.4 Å². The van der Waals surface area contributed by atoms with Gasteiger partial charge in [0.05, 0.1) is 10.4 Å². The molecule has 0 saturated carbocycles. The van der Waals surface area contributed by atoms with Crippen LogP contribution in [0.25, 0.3) is 21.9 Å². The summed E-state index contributed by atoms with van der Waals surface area (Å²) in [5.74, 6) is -0.835. The summed E-state index contributed by atoms with van der Waals surface area (Å²) in [5.41, 5.74) is 3.22.